The zero-order valence-electron chi connectivity index (χ0n) is 19.4. The van der Waals surface area contributed by atoms with Crippen molar-refractivity contribution < 1.29 is 19.8 Å². The molecule has 10 nitrogen and oxygen atoms in total. The van der Waals surface area contributed by atoms with Gasteiger partial charge in [0.15, 0.2) is 12.2 Å². The summed E-state index contributed by atoms with van der Waals surface area (Å²) in [7, 11) is 0. The van der Waals surface area contributed by atoms with Crippen molar-refractivity contribution in [3.63, 3.8) is 0 Å². The van der Waals surface area contributed by atoms with Gasteiger partial charge in [-0.15, -0.1) is 0 Å². The maximum Gasteiger partial charge on any atom is 0.255 e. The quantitative estimate of drug-likeness (QED) is 0.436. The molecule has 0 radical (unpaired) electrons. The van der Waals surface area contributed by atoms with Crippen molar-refractivity contribution in [2.75, 3.05) is 19.6 Å². The average Bonchev–Trinajstić information content (AvgIpc) is 3.67. The fraction of sp³-hybridized carbons (Fsp3) is 0.458. The third-order valence-electron chi connectivity index (χ3n) is 6.82. The monoisotopic (exact) mass is 498 g/mol. The molecular formula is C24H30N6O4S. The molecule has 4 heterocycles. The molecule has 5 rings (SSSR count). The van der Waals surface area contributed by atoms with Crippen molar-refractivity contribution in [3.8, 4) is 5.69 Å². The number of nitrogens with zero attached hydrogens (tertiary/aromatic N) is 4. The van der Waals surface area contributed by atoms with Crippen molar-refractivity contribution in [1.29, 1.82) is 0 Å². The molecule has 3 aliphatic heterocycles. The molecule has 0 aliphatic carbocycles. The van der Waals surface area contributed by atoms with Crippen LogP contribution in [-0.4, -0.2) is 85.0 Å². The number of aliphatic hydroxyl groups is 2. The van der Waals surface area contributed by atoms with Crippen molar-refractivity contribution >= 4 is 23.6 Å². The number of hydrogen-bond donors (Lipinski definition) is 4. The van der Waals surface area contributed by atoms with Gasteiger partial charge < -0.3 is 25.3 Å². The average molecular weight is 499 g/mol. The second kappa shape index (κ2) is 10.0. The van der Waals surface area contributed by atoms with E-state index in [9.17, 15) is 19.8 Å². The van der Waals surface area contributed by atoms with E-state index in [0.717, 1.165) is 42.9 Å². The van der Waals surface area contributed by atoms with Crippen LogP contribution in [-0.2, 0) is 9.59 Å². The van der Waals surface area contributed by atoms with Crippen LogP contribution in [0, 0.1) is 0 Å². The number of thioether (sulfide) groups is 1. The third-order valence-corrected chi connectivity index (χ3v) is 7.88. The standard InChI is InChI=1S/C24H30N6O4S/c1-15(16-5-7-17(8-6-16)30-12-3-9-26-30)27-22(33)20(31)21(32)23(34)28-11-2-4-18(28)19-14-35-24-25-10-13-29(19)24/h3,5-9,12,14-15,18,20-21,24-25,31-32H,2,4,10-11,13H2,1H3,(H,27,33)/t15-,18-,20-,21-,24?/m1/s1. The number of hydrogen-bond acceptors (Lipinski definition) is 8. The van der Waals surface area contributed by atoms with Crippen molar-refractivity contribution in [2.45, 2.75) is 49.6 Å². The van der Waals surface area contributed by atoms with E-state index in [1.54, 1.807) is 34.5 Å². The second-order valence-electron chi connectivity index (χ2n) is 9.03. The molecule has 4 N–H and O–H groups in total. The number of carbonyl (C=O) groups is 2. The Labute approximate surface area is 208 Å². The molecule has 1 aromatic heterocycles. The van der Waals surface area contributed by atoms with Gasteiger partial charge in [-0.05, 0) is 48.9 Å². The molecule has 0 bridgehead atoms. The molecule has 35 heavy (non-hydrogen) atoms. The summed E-state index contributed by atoms with van der Waals surface area (Å²) in [6.45, 7) is 4.03. The Bertz CT molecular complexity index is 1090. The Balaban J connectivity index is 1.19. The number of likely N-dealkylation sites (tertiary alicyclic amines) is 1. The SMILES string of the molecule is C[C@@H](NC(=O)[C@H](O)[C@@H](O)C(=O)N1CCC[C@@H]1C1=CSC2NCCN12)c1ccc(-n2cccn2)cc1. The van der Waals surface area contributed by atoms with Crippen LogP contribution >= 0.6 is 11.8 Å². The lowest BCUT2D eigenvalue weighted by Gasteiger charge is -2.33. The van der Waals surface area contributed by atoms with Crippen LogP contribution in [0.3, 0.4) is 0 Å². The van der Waals surface area contributed by atoms with Crippen LogP contribution in [0.15, 0.2) is 53.8 Å². The lowest BCUT2D eigenvalue weighted by atomic mass is 10.1. The van der Waals surface area contributed by atoms with Crippen molar-refractivity contribution in [2.24, 2.45) is 0 Å². The van der Waals surface area contributed by atoms with Crippen molar-refractivity contribution in [1.82, 2.24) is 30.2 Å². The summed E-state index contributed by atoms with van der Waals surface area (Å²) in [6.07, 6.45) is 1.45. The van der Waals surface area contributed by atoms with Crippen LogP contribution in [0.1, 0.15) is 31.4 Å². The van der Waals surface area contributed by atoms with Gasteiger partial charge in [-0.2, -0.15) is 5.10 Å². The summed E-state index contributed by atoms with van der Waals surface area (Å²) in [5.74, 6) is -1.41. The van der Waals surface area contributed by atoms with Gasteiger partial charge in [-0.1, -0.05) is 23.9 Å². The van der Waals surface area contributed by atoms with Gasteiger partial charge in [-0.3, -0.25) is 14.9 Å². The first-order chi connectivity index (χ1) is 16.9. The number of amides is 2. The Morgan fingerprint density at radius 2 is 2.00 bits per heavy atom. The first-order valence-electron chi connectivity index (χ1n) is 11.9. The summed E-state index contributed by atoms with van der Waals surface area (Å²) < 4.78 is 1.73. The Kier molecular flexibility index (Phi) is 6.83. The van der Waals surface area contributed by atoms with E-state index >= 15 is 0 Å². The summed E-state index contributed by atoms with van der Waals surface area (Å²) in [4.78, 5) is 29.7. The minimum Gasteiger partial charge on any atom is -0.380 e. The summed E-state index contributed by atoms with van der Waals surface area (Å²) in [5, 5.41) is 33.5. The molecule has 1 unspecified atom stereocenters. The van der Waals surface area contributed by atoms with Crippen LogP contribution < -0.4 is 10.6 Å². The van der Waals surface area contributed by atoms with Gasteiger partial charge in [-0.25, -0.2) is 4.68 Å². The predicted octanol–water partition coefficient (Wildman–Crippen LogP) is 0.539. The number of aromatic nitrogens is 2. The molecule has 3 aliphatic rings. The normalized spacial score (nSPS) is 24.1. The first-order valence-corrected chi connectivity index (χ1v) is 12.8. The van der Waals surface area contributed by atoms with Gasteiger partial charge >= 0.3 is 0 Å². The van der Waals surface area contributed by atoms with Gasteiger partial charge in [0.05, 0.1) is 17.8 Å². The summed E-state index contributed by atoms with van der Waals surface area (Å²) in [6, 6.07) is 8.73. The van der Waals surface area contributed by atoms with Crippen LogP contribution in [0.5, 0.6) is 0 Å². The van der Waals surface area contributed by atoms with E-state index in [1.165, 1.54) is 0 Å². The highest BCUT2D eigenvalue weighted by Crippen LogP contribution is 2.38. The fourth-order valence-electron chi connectivity index (χ4n) is 4.90. The van der Waals surface area contributed by atoms with Gasteiger partial charge in [0.2, 0.25) is 0 Å². The maximum atomic E-state index is 13.1. The van der Waals surface area contributed by atoms with Crippen LogP contribution in [0.4, 0.5) is 0 Å². The molecule has 0 spiro atoms. The Morgan fingerprint density at radius 1 is 1.20 bits per heavy atom. The molecular weight excluding hydrogens is 468 g/mol. The molecule has 2 aromatic rings. The molecule has 0 saturated carbocycles. The number of rotatable bonds is 7. The molecule has 186 valence electrons. The fourth-order valence-corrected chi connectivity index (χ4v) is 6.05. The molecule has 2 saturated heterocycles. The second-order valence-corrected chi connectivity index (χ2v) is 9.98. The minimum atomic E-state index is -1.86. The van der Waals surface area contributed by atoms with E-state index in [4.69, 9.17) is 0 Å². The molecule has 5 atom stereocenters. The lowest BCUT2D eigenvalue weighted by molar-refractivity contribution is -0.153. The number of aliphatic hydroxyl groups excluding tert-OH is 2. The number of nitrogens with one attached hydrogen (secondary N) is 2. The van der Waals surface area contributed by atoms with Gasteiger partial charge in [0.1, 0.15) is 5.50 Å². The smallest absolute Gasteiger partial charge is 0.255 e. The van der Waals surface area contributed by atoms with E-state index in [1.807, 2.05) is 36.5 Å². The molecule has 11 heteroatoms. The van der Waals surface area contributed by atoms with Gasteiger partial charge in [0, 0.05) is 37.7 Å². The number of benzene rings is 1. The zero-order chi connectivity index (χ0) is 24.5. The van der Waals surface area contributed by atoms with E-state index in [2.05, 4.69) is 26.0 Å². The predicted molar refractivity (Wildman–Crippen MR) is 131 cm³/mol. The summed E-state index contributed by atoms with van der Waals surface area (Å²) >= 11 is 1.68. The van der Waals surface area contributed by atoms with Crippen LogP contribution in [0.25, 0.3) is 5.69 Å². The minimum absolute atomic E-state index is 0.156. The van der Waals surface area contributed by atoms with E-state index in [0.29, 0.717) is 6.54 Å². The highest BCUT2D eigenvalue weighted by atomic mass is 32.2. The Morgan fingerprint density at radius 3 is 2.74 bits per heavy atom. The molecule has 2 amide bonds. The third kappa shape index (κ3) is 4.68. The zero-order valence-corrected chi connectivity index (χ0v) is 20.3. The van der Waals surface area contributed by atoms with E-state index in [-0.39, 0.29) is 11.5 Å². The highest BCUT2D eigenvalue weighted by Gasteiger charge is 2.43. The molecule has 1 aromatic carbocycles. The van der Waals surface area contributed by atoms with E-state index < -0.39 is 30.1 Å². The first kappa shape index (κ1) is 23.9. The highest BCUT2D eigenvalue weighted by molar-refractivity contribution is 8.02. The van der Waals surface area contributed by atoms with Gasteiger partial charge in [0.25, 0.3) is 11.8 Å². The van der Waals surface area contributed by atoms with Crippen LogP contribution in [0.2, 0.25) is 0 Å². The number of carbonyl (C=O) groups excluding carboxylic acids is 2. The topological polar surface area (TPSA) is 123 Å². The Hall–Kier alpha value is -2.86. The summed E-state index contributed by atoms with van der Waals surface area (Å²) in [5.41, 5.74) is 2.96. The lowest BCUT2D eigenvalue weighted by Crippen LogP contribution is -2.53. The maximum absolute atomic E-state index is 13.1. The number of fused-ring (bicyclic) bond motifs is 1. The molecule has 2 fully saturated rings. The van der Waals surface area contributed by atoms with Crippen molar-refractivity contribution in [3.05, 3.63) is 59.4 Å². The largest absolute Gasteiger partial charge is 0.380 e.